The molecule has 0 radical (unpaired) electrons. The van der Waals surface area contributed by atoms with Gasteiger partial charge < -0.3 is 14.6 Å². The first-order valence-corrected chi connectivity index (χ1v) is 12.1. The van der Waals surface area contributed by atoms with Gasteiger partial charge in [-0.1, -0.05) is 61.0 Å². The fourth-order valence-electron chi connectivity index (χ4n) is 4.40. The lowest BCUT2D eigenvalue weighted by molar-refractivity contribution is -0.115. The number of aromatic nitrogens is 2. The average Bonchev–Trinajstić information content (AvgIpc) is 3.41. The topological polar surface area (TPSA) is 56.1 Å². The number of rotatable bonds is 7. The van der Waals surface area contributed by atoms with Crippen LogP contribution < -0.4 is 10.1 Å². The van der Waals surface area contributed by atoms with Crippen molar-refractivity contribution in [2.75, 3.05) is 12.4 Å². The van der Waals surface area contributed by atoms with E-state index in [9.17, 15) is 4.79 Å². The second-order valence-electron chi connectivity index (χ2n) is 8.48. The minimum atomic E-state index is -0.428. The smallest absolute Gasteiger partial charge is 0.242 e. The van der Waals surface area contributed by atoms with Gasteiger partial charge in [-0.15, -0.1) is 0 Å². The third-order valence-corrected chi connectivity index (χ3v) is 7.44. The zero-order valence-electron chi connectivity index (χ0n) is 19.2. The fraction of sp³-hybridized carbons (Fsp3) is 0.385. The molecule has 1 N–H and O–H groups in total. The van der Waals surface area contributed by atoms with Crippen molar-refractivity contribution in [2.45, 2.75) is 62.9 Å². The van der Waals surface area contributed by atoms with Crippen LogP contribution in [0.1, 0.15) is 59.5 Å². The molecular weight excluding hydrogens is 418 g/mol. The highest BCUT2D eigenvalue weighted by molar-refractivity contribution is 8.00. The lowest BCUT2D eigenvalue weighted by atomic mass is 10.1. The van der Waals surface area contributed by atoms with Gasteiger partial charge in [0.05, 0.1) is 18.5 Å². The Balaban J connectivity index is 1.68. The number of anilines is 1. The number of benzene rings is 2. The molecule has 0 bridgehead atoms. The van der Waals surface area contributed by atoms with Gasteiger partial charge in [-0.25, -0.2) is 4.98 Å². The zero-order valence-corrected chi connectivity index (χ0v) is 20.0. The molecule has 1 aliphatic carbocycles. The average molecular weight is 450 g/mol. The van der Waals surface area contributed by atoms with Crippen molar-refractivity contribution in [3.05, 3.63) is 71.0 Å². The van der Waals surface area contributed by atoms with Gasteiger partial charge >= 0.3 is 0 Å². The van der Waals surface area contributed by atoms with Crippen molar-refractivity contribution in [3.8, 4) is 5.75 Å². The number of carbonyl (C=O) groups is 1. The summed E-state index contributed by atoms with van der Waals surface area (Å²) in [5.74, 6) is 0.571. The van der Waals surface area contributed by atoms with Crippen LogP contribution in [0.15, 0.2) is 53.7 Å². The largest absolute Gasteiger partial charge is 0.495 e. The summed E-state index contributed by atoms with van der Waals surface area (Å²) in [5, 5.41) is 3.60. The van der Waals surface area contributed by atoms with Gasteiger partial charge in [-0.3, -0.25) is 4.79 Å². The summed E-state index contributed by atoms with van der Waals surface area (Å²) in [5.41, 5.74) is 4.94. The second-order valence-corrected chi connectivity index (χ2v) is 9.55. The summed E-state index contributed by atoms with van der Waals surface area (Å²) < 4.78 is 7.84. The summed E-state index contributed by atoms with van der Waals surface area (Å²) in [6.45, 7) is 6.20. The van der Waals surface area contributed by atoms with Crippen molar-refractivity contribution >= 4 is 23.4 Å². The maximum Gasteiger partial charge on any atom is 0.242 e. The molecule has 32 heavy (non-hydrogen) atoms. The minimum Gasteiger partial charge on any atom is -0.495 e. The van der Waals surface area contributed by atoms with Crippen LogP contribution in [-0.2, 0) is 4.79 Å². The first kappa shape index (κ1) is 22.5. The zero-order chi connectivity index (χ0) is 22.7. The number of nitrogens with zero attached hydrogens (tertiary/aromatic N) is 2. The Morgan fingerprint density at radius 1 is 1.12 bits per heavy atom. The van der Waals surface area contributed by atoms with Crippen LogP contribution in [0.25, 0.3) is 0 Å². The van der Waals surface area contributed by atoms with Gasteiger partial charge in [0, 0.05) is 11.7 Å². The molecule has 1 atom stereocenters. The van der Waals surface area contributed by atoms with E-state index in [1.165, 1.54) is 43.1 Å². The van der Waals surface area contributed by atoms with E-state index >= 15 is 0 Å². The van der Waals surface area contributed by atoms with Gasteiger partial charge in [-0.05, 0) is 56.9 Å². The number of nitrogens with one attached hydrogen (secondary N) is 1. The molecule has 0 aliphatic heterocycles. The number of amides is 1. The molecule has 6 heteroatoms. The molecule has 1 amide bonds. The Morgan fingerprint density at radius 2 is 1.84 bits per heavy atom. The van der Waals surface area contributed by atoms with Gasteiger partial charge in [0.1, 0.15) is 11.0 Å². The molecular formula is C26H31N3O2S. The third-order valence-electron chi connectivity index (χ3n) is 6.22. The van der Waals surface area contributed by atoms with Crippen LogP contribution in [0.5, 0.6) is 5.75 Å². The third kappa shape index (κ3) is 4.70. The Hall–Kier alpha value is -2.73. The van der Waals surface area contributed by atoms with E-state index in [4.69, 9.17) is 9.72 Å². The number of carbonyl (C=O) groups excluding carboxylic acids is 1. The Labute approximate surface area is 194 Å². The highest BCUT2D eigenvalue weighted by Crippen LogP contribution is 2.41. The molecule has 1 heterocycles. The predicted molar refractivity (Wildman–Crippen MR) is 131 cm³/mol. The molecule has 168 valence electrons. The van der Waals surface area contributed by atoms with E-state index < -0.39 is 5.25 Å². The Kier molecular flexibility index (Phi) is 6.89. The minimum absolute atomic E-state index is 0.0821. The molecule has 1 aromatic heterocycles. The van der Waals surface area contributed by atoms with E-state index in [0.717, 1.165) is 22.0 Å². The Bertz CT molecular complexity index is 1090. The van der Waals surface area contributed by atoms with E-state index in [1.54, 1.807) is 7.11 Å². The number of thioether (sulfide) groups is 1. The van der Waals surface area contributed by atoms with Crippen molar-refractivity contribution in [1.29, 1.82) is 0 Å². The van der Waals surface area contributed by atoms with Crippen LogP contribution in [0.2, 0.25) is 0 Å². The number of imidazole rings is 1. The number of hydrogen-bond acceptors (Lipinski definition) is 4. The lowest BCUT2D eigenvalue weighted by Crippen LogP contribution is -2.20. The monoisotopic (exact) mass is 449 g/mol. The first-order valence-electron chi connectivity index (χ1n) is 11.2. The summed E-state index contributed by atoms with van der Waals surface area (Å²) in [4.78, 5) is 18.5. The molecule has 3 aromatic rings. The van der Waals surface area contributed by atoms with Crippen LogP contribution >= 0.6 is 11.8 Å². The quantitative estimate of drug-likeness (QED) is 0.424. The number of aryl methyl sites for hydroxylation is 2. The molecule has 1 aliphatic rings. The SMILES string of the molecule is COc1ccc(C)cc1NC(=O)[C@@H](Sc1nc(C)c(C)n1C1CCCC1)c1ccccc1. The van der Waals surface area contributed by atoms with E-state index in [-0.39, 0.29) is 5.91 Å². The maximum absolute atomic E-state index is 13.6. The Morgan fingerprint density at radius 3 is 2.53 bits per heavy atom. The summed E-state index contributed by atoms with van der Waals surface area (Å²) in [6, 6.07) is 16.2. The van der Waals surface area contributed by atoms with E-state index in [1.807, 2.05) is 55.5 Å². The van der Waals surface area contributed by atoms with Gasteiger partial charge in [-0.2, -0.15) is 0 Å². The van der Waals surface area contributed by atoms with Crippen LogP contribution in [0.4, 0.5) is 5.69 Å². The van der Waals surface area contributed by atoms with Crippen LogP contribution in [0, 0.1) is 20.8 Å². The fourth-order valence-corrected chi connectivity index (χ4v) is 5.65. The molecule has 5 nitrogen and oxygen atoms in total. The van der Waals surface area contributed by atoms with Crippen molar-refractivity contribution in [3.63, 3.8) is 0 Å². The summed E-state index contributed by atoms with van der Waals surface area (Å²) >= 11 is 1.53. The normalized spacial score (nSPS) is 15.0. The molecule has 0 saturated heterocycles. The van der Waals surface area contributed by atoms with Crippen molar-refractivity contribution in [1.82, 2.24) is 9.55 Å². The molecule has 1 fully saturated rings. The molecule has 0 unspecified atom stereocenters. The van der Waals surface area contributed by atoms with Crippen molar-refractivity contribution in [2.24, 2.45) is 0 Å². The predicted octanol–water partition coefficient (Wildman–Crippen LogP) is 6.40. The standard InChI is InChI=1S/C26H31N3O2S/c1-17-14-15-23(31-4)22(16-17)28-25(30)24(20-10-6-5-7-11-20)32-26-27-18(2)19(3)29(26)21-12-8-9-13-21/h5-7,10-11,14-16,21,24H,8-9,12-13H2,1-4H3,(H,28,30)/t24-/m0/s1. The van der Waals surface area contributed by atoms with E-state index in [0.29, 0.717) is 17.5 Å². The molecule has 2 aromatic carbocycles. The van der Waals surface area contributed by atoms with Crippen LogP contribution in [0.3, 0.4) is 0 Å². The van der Waals surface area contributed by atoms with Crippen molar-refractivity contribution < 1.29 is 9.53 Å². The highest BCUT2D eigenvalue weighted by atomic mass is 32.2. The maximum atomic E-state index is 13.6. The van der Waals surface area contributed by atoms with Gasteiger partial charge in [0.25, 0.3) is 0 Å². The molecule has 0 spiro atoms. The number of hydrogen-bond donors (Lipinski definition) is 1. The summed E-state index contributed by atoms with van der Waals surface area (Å²) in [7, 11) is 1.62. The number of ether oxygens (including phenoxy) is 1. The summed E-state index contributed by atoms with van der Waals surface area (Å²) in [6.07, 6.45) is 4.85. The number of methoxy groups -OCH3 is 1. The van der Waals surface area contributed by atoms with E-state index in [2.05, 4.69) is 23.7 Å². The molecule has 1 saturated carbocycles. The van der Waals surface area contributed by atoms with Crippen LogP contribution in [-0.4, -0.2) is 22.6 Å². The second kappa shape index (κ2) is 9.82. The highest BCUT2D eigenvalue weighted by Gasteiger charge is 2.29. The van der Waals surface area contributed by atoms with Gasteiger partial charge in [0.2, 0.25) is 5.91 Å². The molecule has 4 rings (SSSR count). The lowest BCUT2D eigenvalue weighted by Gasteiger charge is -2.21. The van der Waals surface area contributed by atoms with Gasteiger partial charge in [0.15, 0.2) is 5.16 Å². The first-order chi connectivity index (χ1) is 15.5.